The quantitative estimate of drug-likeness (QED) is 0.509. The molecule has 0 heterocycles. The van der Waals surface area contributed by atoms with Crippen LogP contribution in [0.1, 0.15) is 5.56 Å². The number of hydrogen-bond donors (Lipinski definition) is 2. The second-order valence-corrected chi connectivity index (χ2v) is 3.21. The number of ether oxygens (including phenoxy) is 2. The molecule has 1 aromatic rings. The van der Waals surface area contributed by atoms with Crippen molar-refractivity contribution in [3.05, 3.63) is 35.9 Å². The SMILES string of the molecule is NCC(O)COCOCc1ccccc1. The number of benzene rings is 1. The molecule has 0 aliphatic heterocycles. The van der Waals surface area contributed by atoms with Crippen LogP contribution in [0.15, 0.2) is 30.3 Å². The molecular weight excluding hydrogens is 194 g/mol. The average Bonchev–Trinajstić information content (AvgIpc) is 2.29. The topological polar surface area (TPSA) is 64.7 Å². The lowest BCUT2D eigenvalue weighted by molar-refractivity contribution is -0.0832. The van der Waals surface area contributed by atoms with E-state index in [4.69, 9.17) is 20.3 Å². The minimum Gasteiger partial charge on any atom is -0.389 e. The van der Waals surface area contributed by atoms with Crippen LogP contribution in [0.25, 0.3) is 0 Å². The first-order valence-electron chi connectivity index (χ1n) is 4.90. The molecule has 0 radical (unpaired) electrons. The predicted octanol–water partition coefficient (Wildman–Crippen LogP) is 0.497. The summed E-state index contributed by atoms with van der Waals surface area (Å²) in [6.45, 7) is 1.11. The van der Waals surface area contributed by atoms with Gasteiger partial charge in [-0.25, -0.2) is 0 Å². The van der Waals surface area contributed by atoms with Gasteiger partial charge >= 0.3 is 0 Å². The van der Waals surface area contributed by atoms with Gasteiger partial charge in [0.15, 0.2) is 0 Å². The van der Waals surface area contributed by atoms with Gasteiger partial charge in [0.1, 0.15) is 6.79 Å². The highest BCUT2D eigenvalue weighted by molar-refractivity contribution is 5.13. The first-order valence-corrected chi connectivity index (χ1v) is 4.90. The lowest BCUT2D eigenvalue weighted by Crippen LogP contribution is -2.25. The van der Waals surface area contributed by atoms with Gasteiger partial charge in [-0.15, -0.1) is 0 Å². The second kappa shape index (κ2) is 7.36. The van der Waals surface area contributed by atoms with Crippen molar-refractivity contribution >= 4 is 0 Å². The molecule has 0 amide bonds. The maximum atomic E-state index is 9.07. The zero-order valence-corrected chi connectivity index (χ0v) is 8.63. The first kappa shape index (κ1) is 12.1. The largest absolute Gasteiger partial charge is 0.389 e. The third-order valence-corrected chi connectivity index (χ3v) is 1.86. The Kier molecular flexibility index (Phi) is 5.96. The van der Waals surface area contributed by atoms with Crippen molar-refractivity contribution in [1.82, 2.24) is 0 Å². The van der Waals surface area contributed by atoms with Gasteiger partial charge in [-0.05, 0) is 5.56 Å². The standard InChI is InChI=1S/C11H17NO3/c12-6-11(13)8-15-9-14-7-10-4-2-1-3-5-10/h1-5,11,13H,6-9,12H2. The van der Waals surface area contributed by atoms with Gasteiger partial charge in [-0.1, -0.05) is 30.3 Å². The minimum absolute atomic E-state index is 0.173. The van der Waals surface area contributed by atoms with E-state index in [1.54, 1.807) is 0 Å². The molecule has 0 saturated heterocycles. The third-order valence-electron chi connectivity index (χ3n) is 1.86. The van der Waals surface area contributed by atoms with E-state index in [0.29, 0.717) is 6.61 Å². The highest BCUT2D eigenvalue weighted by Crippen LogP contribution is 2.00. The zero-order valence-electron chi connectivity index (χ0n) is 8.63. The van der Waals surface area contributed by atoms with Crippen molar-refractivity contribution in [2.24, 2.45) is 5.73 Å². The molecule has 1 atom stereocenters. The van der Waals surface area contributed by atoms with Crippen molar-refractivity contribution in [1.29, 1.82) is 0 Å². The molecule has 3 N–H and O–H groups in total. The van der Waals surface area contributed by atoms with Crippen molar-refractivity contribution in [2.75, 3.05) is 19.9 Å². The molecule has 0 aliphatic carbocycles. The average molecular weight is 211 g/mol. The summed E-state index contributed by atoms with van der Waals surface area (Å²) in [5.41, 5.74) is 6.30. The monoisotopic (exact) mass is 211 g/mol. The minimum atomic E-state index is -0.606. The van der Waals surface area contributed by atoms with Crippen LogP contribution in [-0.4, -0.2) is 31.2 Å². The molecule has 0 aliphatic rings. The fourth-order valence-corrected chi connectivity index (χ4v) is 1.04. The van der Waals surface area contributed by atoms with Gasteiger partial charge in [0, 0.05) is 6.54 Å². The Balaban J connectivity index is 2.03. The second-order valence-electron chi connectivity index (χ2n) is 3.21. The smallest absolute Gasteiger partial charge is 0.147 e. The van der Waals surface area contributed by atoms with E-state index < -0.39 is 6.10 Å². The molecule has 1 unspecified atom stereocenters. The maximum absolute atomic E-state index is 9.07. The summed E-state index contributed by atoms with van der Waals surface area (Å²) in [7, 11) is 0. The lowest BCUT2D eigenvalue weighted by atomic mass is 10.2. The Labute approximate surface area is 89.6 Å². The summed E-state index contributed by atoms with van der Waals surface area (Å²) in [5.74, 6) is 0. The van der Waals surface area contributed by atoms with Crippen LogP contribution in [0, 0.1) is 0 Å². The van der Waals surface area contributed by atoms with Crippen LogP contribution < -0.4 is 5.73 Å². The van der Waals surface area contributed by atoms with Gasteiger partial charge < -0.3 is 20.3 Å². The van der Waals surface area contributed by atoms with Gasteiger partial charge in [-0.3, -0.25) is 0 Å². The third kappa shape index (κ3) is 5.49. The number of aliphatic hydroxyl groups is 1. The summed E-state index contributed by atoms with van der Waals surface area (Å²) in [6, 6.07) is 9.83. The Morgan fingerprint density at radius 1 is 1.20 bits per heavy atom. The van der Waals surface area contributed by atoms with Crippen LogP contribution in [0.3, 0.4) is 0 Å². The molecule has 1 rings (SSSR count). The molecule has 0 fully saturated rings. The predicted molar refractivity (Wildman–Crippen MR) is 57.1 cm³/mol. The van der Waals surface area contributed by atoms with Gasteiger partial charge in [0.2, 0.25) is 0 Å². The van der Waals surface area contributed by atoms with E-state index in [9.17, 15) is 0 Å². The van der Waals surface area contributed by atoms with Crippen molar-refractivity contribution in [3.8, 4) is 0 Å². The van der Waals surface area contributed by atoms with Crippen LogP contribution in [0.4, 0.5) is 0 Å². The fraction of sp³-hybridized carbons (Fsp3) is 0.455. The van der Waals surface area contributed by atoms with Crippen molar-refractivity contribution in [2.45, 2.75) is 12.7 Å². The van der Waals surface area contributed by atoms with E-state index in [0.717, 1.165) is 5.56 Å². The van der Waals surface area contributed by atoms with Crippen LogP contribution in [0.2, 0.25) is 0 Å². The van der Waals surface area contributed by atoms with E-state index in [1.165, 1.54) is 0 Å². The molecule has 4 heteroatoms. The van der Waals surface area contributed by atoms with Crippen LogP contribution >= 0.6 is 0 Å². The molecule has 4 nitrogen and oxygen atoms in total. The fourth-order valence-electron chi connectivity index (χ4n) is 1.04. The number of aliphatic hydroxyl groups excluding tert-OH is 1. The molecule has 0 spiro atoms. The van der Waals surface area contributed by atoms with Gasteiger partial charge in [0.25, 0.3) is 0 Å². The first-order chi connectivity index (χ1) is 7.33. The summed E-state index contributed by atoms with van der Waals surface area (Å²) < 4.78 is 10.3. The summed E-state index contributed by atoms with van der Waals surface area (Å²) in [4.78, 5) is 0. The summed E-state index contributed by atoms with van der Waals surface area (Å²) >= 11 is 0. The van der Waals surface area contributed by atoms with Crippen molar-refractivity contribution < 1.29 is 14.6 Å². The van der Waals surface area contributed by atoms with Crippen LogP contribution in [0.5, 0.6) is 0 Å². The zero-order chi connectivity index (χ0) is 10.9. The Morgan fingerprint density at radius 3 is 2.60 bits per heavy atom. The normalized spacial score (nSPS) is 12.7. The van der Waals surface area contributed by atoms with Crippen LogP contribution in [-0.2, 0) is 16.1 Å². The number of rotatable bonds is 7. The number of nitrogens with two attached hydrogens (primary N) is 1. The highest BCUT2D eigenvalue weighted by atomic mass is 16.7. The van der Waals surface area contributed by atoms with Gasteiger partial charge in [0.05, 0.1) is 19.3 Å². The summed E-state index contributed by atoms with van der Waals surface area (Å²) in [6.07, 6.45) is -0.606. The Morgan fingerprint density at radius 2 is 1.93 bits per heavy atom. The molecule has 84 valence electrons. The van der Waals surface area contributed by atoms with E-state index in [-0.39, 0.29) is 19.9 Å². The molecule has 0 bridgehead atoms. The maximum Gasteiger partial charge on any atom is 0.147 e. The molecule has 15 heavy (non-hydrogen) atoms. The summed E-state index contributed by atoms with van der Waals surface area (Å²) in [5, 5.41) is 9.07. The van der Waals surface area contributed by atoms with E-state index in [1.807, 2.05) is 30.3 Å². The Hall–Kier alpha value is -0.940. The molecule has 1 aromatic carbocycles. The molecule has 0 aromatic heterocycles. The molecule has 0 saturated carbocycles. The van der Waals surface area contributed by atoms with E-state index >= 15 is 0 Å². The highest BCUT2D eigenvalue weighted by Gasteiger charge is 1.99. The Bertz CT molecular complexity index is 253. The number of hydrogen-bond acceptors (Lipinski definition) is 4. The van der Waals surface area contributed by atoms with Crippen molar-refractivity contribution in [3.63, 3.8) is 0 Å². The lowest BCUT2D eigenvalue weighted by Gasteiger charge is -2.09. The van der Waals surface area contributed by atoms with E-state index in [2.05, 4.69) is 0 Å². The van der Waals surface area contributed by atoms with Gasteiger partial charge in [-0.2, -0.15) is 0 Å². The molecular formula is C11H17NO3.